The number of imidazole rings is 1. The number of hydrogen-bond donors (Lipinski definition) is 4. The second kappa shape index (κ2) is 11.3. The number of carbonyl (C=O) groups is 1. The minimum atomic E-state index is -2.60. The number of aromatic nitrogens is 4. The van der Waals surface area contributed by atoms with Gasteiger partial charge in [0.1, 0.15) is 24.4 Å². The average Bonchev–Trinajstić information content (AvgIpc) is 3.34. The first kappa shape index (κ1) is 27.8. The molecule has 0 radical (unpaired) electrons. The number of esters is 1. The predicted octanol–water partition coefficient (Wildman–Crippen LogP) is 2.18. The van der Waals surface area contributed by atoms with Crippen molar-refractivity contribution >= 4 is 48.7 Å². The Morgan fingerprint density at radius 2 is 2.16 bits per heavy atom. The summed E-state index contributed by atoms with van der Waals surface area (Å²) < 4.78 is 45.4. The van der Waals surface area contributed by atoms with E-state index in [0.717, 1.165) is 19.3 Å². The number of nitrogens with one attached hydrogen (secondary N) is 2. The number of nitrogens with zero attached hydrogens (tertiary/aromatic N) is 4. The third-order valence-electron chi connectivity index (χ3n) is 6.28. The molecule has 0 spiro atoms. The molecular formula is C21H31ClFN7O6P+. The summed E-state index contributed by atoms with van der Waals surface area (Å²) in [5, 5.41) is 16.5. The lowest BCUT2D eigenvalue weighted by Gasteiger charge is -2.27. The van der Waals surface area contributed by atoms with E-state index in [1.807, 2.05) is 0 Å². The number of nitrogen functional groups attached to an aromatic ring is 1. The van der Waals surface area contributed by atoms with Gasteiger partial charge >= 0.3 is 14.1 Å². The molecule has 5 N–H and O–H groups in total. The van der Waals surface area contributed by atoms with Gasteiger partial charge in [0.2, 0.25) is 5.95 Å². The minimum absolute atomic E-state index is 0.0369. The fourth-order valence-electron chi connectivity index (χ4n) is 4.02. The van der Waals surface area contributed by atoms with Crippen LogP contribution in [0.2, 0.25) is 0 Å². The Bertz CT molecular complexity index is 1150. The zero-order valence-corrected chi connectivity index (χ0v) is 22.3. The van der Waals surface area contributed by atoms with Crippen molar-refractivity contribution in [3.8, 4) is 0 Å². The van der Waals surface area contributed by atoms with E-state index in [2.05, 4.69) is 25.4 Å². The summed E-state index contributed by atoms with van der Waals surface area (Å²) in [6, 6.07) is -0.688. The molecule has 13 nitrogen and oxygen atoms in total. The molecule has 1 aliphatic carbocycles. The Labute approximate surface area is 218 Å². The molecular weight excluding hydrogens is 532 g/mol. The molecule has 16 heteroatoms. The Morgan fingerprint density at radius 1 is 1.43 bits per heavy atom. The fourth-order valence-corrected chi connectivity index (χ4v) is 5.15. The molecule has 6 atom stereocenters. The fraction of sp³-hybridized carbons (Fsp3) is 0.714. The number of anilines is 2. The van der Waals surface area contributed by atoms with Gasteiger partial charge in [-0.25, -0.2) is 9.37 Å². The molecule has 1 unspecified atom stereocenters. The number of aliphatic hydroxyl groups excluding tert-OH is 1. The van der Waals surface area contributed by atoms with E-state index in [-0.39, 0.29) is 29.6 Å². The molecule has 2 aromatic rings. The van der Waals surface area contributed by atoms with Gasteiger partial charge in [0.25, 0.3) is 0 Å². The van der Waals surface area contributed by atoms with E-state index in [0.29, 0.717) is 11.3 Å². The zero-order chi connectivity index (χ0) is 26.9. The van der Waals surface area contributed by atoms with Crippen LogP contribution in [0.3, 0.4) is 0 Å². The summed E-state index contributed by atoms with van der Waals surface area (Å²) in [7, 11) is -2.60. The quantitative estimate of drug-likeness (QED) is 0.179. The van der Waals surface area contributed by atoms with E-state index in [1.54, 1.807) is 13.8 Å². The number of alkyl halides is 2. The van der Waals surface area contributed by atoms with Crippen LogP contribution in [0, 0.1) is 0 Å². The van der Waals surface area contributed by atoms with Crippen molar-refractivity contribution in [2.45, 2.75) is 82.3 Å². The van der Waals surface area contributed by atoms with Crippen molar-refractivity contribution < 1.29 is 32.9 Å². The number of halogens is 2. The molecule has 1 saturated carbocycles. The van der Waals surface area contributed by atoms with Gasteiger partial charge in [-0.3, -0.25) is 9.36 Å². The van der Waals surface area contributed by atoms with Gasteiger partial charge in [0, 0.05) is 6.04 Å². The van der Waals surface area contributed by atoms with Crippen LogP contribution < -0.4 is 16.1 Å². The van der Waals surface area contributed by atoms with Crippen LogP contribution in [-0.4, -0.2) is 79.1 Å². The van der Waals surface area contributed by atoms with Gasteiger partial charge in [0.05, 0.1) is 18.3 Å². The molecule has 4 rings (SSSR count). The van der Waals surface area contributed by atoms with Crippen molar-refractivity contribution in [1.82, 2.24) is 24.6 Å². The molecule has 0 amide bonds. The van der Waals surface area contributed by atoms with E-state index in [9.17, 15) is 14.5 Å². The molecule has 204 valence electrons. The van der Waals surface area contributed by atoms with Crippen LogP contribution in [0.1, 0.15) is 46.3 Å². The molecule has 1 aliphatic heterocycles. The molecule has 3 heterocycles. The average molecular weight is 563 g/mol. The van der Waals surface area contributed by atoms with Crippen LogP contribution >= 0.6 is 19.8 Å². The number of rotatable bonds is 11. The first-order chi connectivity index (χ1) is 17.5. The number of ether oxygens (including phenoxy) is 2. The number of carbonyl (C=O) groups excluding carboxylic acids is 1. The number of nitrogens with two attached hydrogens (primary N) is 1. The molecule has 2 aromatic heterocycles. The first-order valence-corrected chi connectivity index (χ1v) is 13.6. The first-order valence-electron chi connectivity index (χ1n) is 11.9. The molecule has 37 heavy (non-hydrogen) atoms. The normalized spacial score (nSPS) is 27.3. The minimum Gasteiger partial charge on any atom is -0.462 e. The highest BCUT2D eigenvalue weighted by atomic mass is 35.5. The summed E-state index contributed by atoms with van der Waals surface area (Å²) in [6.45, 7) is 4.30. The third kappa shape index (κ3) is 5.79. The van der Waals surface area contributed by atoms with E-state index < -0.39 is 50.9 Å². The SMILES string of the molecule is CC(C)OC(=O)[C@H](C)N[P+](=O)OC[C@@]1(CCl)O[C@@H](n2cnc3c(NC4CCC4)nc(N)nc32)[C@@H](F)[C@@H]1O. The standard InChI is InChI=1S/C21H31ClFN7O6P/c1-10(2)35-19(32)11(3)29-37(33)34-8-21(7-22)15(31)13(23)18(36-21)30-9-25-14-16(26-12-5-4-6-12)27-20(24)28-17(14)30/h9-13,15,18,31H,4-8H2,1-3H3,(H,29,33)(H3,24,26,27,28)/q+1/t11-,13-,15-,18+,21+/m0/s1. The van der Waals surface area contributed by atoms with Gasteiger partial charge in [0.15, 0.2) is 29.4 Å². The van der Waals surface area contributed by atoms with Crippen molar-refractivity contribution in [1.29, 1.82) is 0 Å². The Kier molecular flexibility index (Phi) is 8.46. The highest BCUT2D eigenvalue weighted by Crippen LogP contribution is 2.42. The summed E-state index contributed by atoms with van der Waals surface area (Å²) in [6.07, 6.45) is -0.996. The van der Waals surface area contributed by atoms with Crippen LogP contribution in [0.15, 0.2) is 6.33 Å². The number of hydrogen-bond acceptors (Lipinski definition) is 11. The Hall–Kier alpha value is -2.22. The van der Waals surface area contributed by atoms with Gasteiger partial charge in [-0.05, 0) is 44.6 Å². The molecule has 0 bridgehead atoms. The van der Waals surface area contributed by atoms with Crippen LogP contribution in [0.4, 0.5) is 16.2 Å². The van der Waals surface area contributed by atoms with E-state index in [4.69, 9.17) is 31.3 Å². The smallest absolute Gasteiger partial charge is 0.462 e. The molecule has 2 fully saturated rings. The van der Waals surface area contributed by atoms with E-state index in [1.165, 1.54) is 17.8 Å². The lowest BCUT2D eigenvalue weighted by Crippen LogP contribution is -2.47. The molecule has 1 saturated heterocycles. The van der Waals surface area contributed by atoms with E-state index >= 15 is 4.39 Å². The third-order valence-corrected chi connectivity index (χ3v) is 7.70. The van der Waals surface area contributed by atoms with Crippen molar-refractivity contribution in [3.63, 3.8) is 0 Å². The van der Waals surface area contributed by atoms with Gasteiger partial charge in [-0.1, -0.05) is 5.09 Å². The highest BCUT2D eigenvalue weighted by Gasteiger charge is 2.57. The van der Waals surface area contributed by atoms with Crippen LogP contribution in [0.25, 0.3) is 11.2 Å². The van der Waals surface area contributed by atoms with Crippen molar-refractivity contribution in [2.75, 3.05) is 23.5 Å². The molecule has 0 aromatic carbocycles. The van der Waals surface area contributed by atoms with Gasteiger partial charge in [-0.2, -0.15) is 9.97 Å². The van der Waals surface area contributed by atoms with Gasteiger partial charge in [-0.15, -0.1) is 16.1 Å². The summed E-state index contributed by atoms with van der Waals surface area (Å²) in [5.74, 6) is -0.600. The van der Waals surface area contributed by atoms with Gasteiger partial charge < -0.3 is 25.6 Å². The van der Waals surface area contributed by atoms with Crippen molar-refractivity contribution in [3.05, 3.63) is 6.33 Å². The monoisotopic (exact) mass is 562 g/mol. The summed E-state index contributed by atoms with van der Waals surface area (Å²) in [5.41, 5.74) is 4.74. The second-order valence-corrected chi connectivity index (χ2v) is 10.8. The zero-order valence-electron chi connectivity index (χ0n) is 20.6. The van der Waals surface area contributed by atoms with Crippen molar-refractivity contribution in [2.24, 2.45) is 0 Å². The maximum Gasteiger partial charge on any atom is 0.613 e. The predicted molar refractivity (Wildman–Crippen MR) is 133 cm³/mol. The summed E-state index contributed by atoms with van der Waals surface area (Å²) >= 11 is 6.10. The number of aliphatic hydroxyl groups is 1. The highest BCUT2D eigenvalue weighted by molar-refractivity contribution is 7.36. The lowest BCUT2D eigenvalue weighted by molar-refractivity contribution is -0.149. The Balaban J connectivity index is 1.49. The second-order valence-electron chi connectivity index (χ2n) is 9.49. The van der Waals surface area contributed by atoms with Crippen LogP contribution in [0.5, 0.6) is 0 Å². The lowest BCUT2D eigenvalue weighted by atomic mass is 9.93. The molecule has 2 aliphatic rings. The topological polar surface area (TPSA) is 176 Å². The summed E-state index contributed by atoms with van der Waals surface area (Å²) in [4.78, 5) is 24.7. The van der Waals surface area contributed by atoms with Crippen LogP contribution in [-0.2, 0) is 23.4 Å². The Morgan fingerprint density at radius 3 is 2.78 bits per heavy atom. The maximum atomic E-state index is 15.4. The maximum absolute atomic E-state index is 15.4. The number of fused-ring (bicyclic) bond motifs is 1. The largest absolute Gasteiger partial charge is 0.613 e.